The number of aromatic nitrogens is 4. The largest absolute Gasteiger partial charge is 0.424 e. The molecule has 0 amide bonds. The van der Waals surface area contributed by atoms with Crippen LogP contribution in [0.4, 0.5) is 0 Å². The van der Waals surface area contributed by atoms with Gasteiger partial charge in [0.05, 0.1) is 6.54 Å². The maximum atomic E-state index is 5.72. The van der Waals surface area contributed by atoms with Gasteiger partial charge in [0, 0.05) is 24.3 Å². The molecule has 2 aromatic heterocycles. The number of piperidine rings is 1. The highest BCUT2D eigenvalue weighted by atomic mass is 16.5. The van der Waals surface area contributed by atoms with Crippen LogP contribution in [0, 0.1) is 0 Å². The molecule has 2 aliphatic rings. The Labute approximate surface area is 135 Å². The zero-order chi connectivity index (χ0) is 15.8. The summed E-state index contributed by atoms with van der Waals surface area (Å²) in [6.07, 6.45) is 4.62. The van der Waals surface area contributed by atoms with Gasteiger partial charge in [-0.1, -0.05) is 19.0 Å². The third kappa shape index (κ3) is 3.29. The van der Waals surface area contributed by atoms with Gasteiger partial charge < -0.3 is 8.94 Å². The Hall–Kier alpha value is -1.76. The van der Waals surface area contributed by atoms with Crippen molar-refractivity contribution in [2.75, 3.05) is 13.1 Å². The van der Waals surface area contributed by atoms with Gasteiger partial charge in [0.1, 0.15) is 0 Å². The van der Waals surface area contributed by atoms with Crippen LogP contribution in [0.1, 0.15) is 80.8 Å². The lowest BCUT2D eigenvalue weighted by Gasteiger charge is -2.29. The third-order valence-electron chi connectivity index (χ3n) is 4.59. The lowest BCUT2D eigenvalue weighted by Crippen LogP contribution is -2.34. The molecule has 3 heterocycles. The predicted octanol–water partition coefficient (Wildman–Crippen LogP) is 2.83. The normalized spacial score (nSPS) is 22.8. The van der Waals surface area contributed by atoms with Crippen molar-refractivity contribution >= 4 is 0 Å². The van der Waals surface area contributed by atoms with Crippen molar-refractivity contribution in [3.8, 4) is 0 Å². The Morgan fingerprint density at radius 3 is 2.78 bits per heavy atom. The van der Waals surface area contributed by atoms with Crippen LogP contribution in [0.15, 0.2) is 8.94 Å². The fraction of sp³-hybridized carbons (Fsp3) is 0.750. The van der Waals surface area contributed by atoms with Crippen molar-refractivity contribution in [3.05, 3.63) is 23.5 Å². The summed E-state index contributed by atoms with van der Waals surface area (Å²) in [5.41, 5.74) is 0. The first kappa shape index (κ1) is 14.8. The van der Waals surface area contributed by atoms with E-state index >= 15 is 0 Å². The van der Waals surface area contributed by atoms with Gasteiger partial charge in [-0.3, -0.25) is 4.90 Å². The molecule has 23 heavy (non-hydrogen) atoms. The first-order valence-electron chi connectivity index (χ1n) is 8.57. The van der Waals surface area contributed by atoms with Gasteiger partial charge in [-0.15, -0.1) is 10.2 Å². The van der Waals surface area contributed by atoms with Gasteiger partial charge in [-0.25, -0.2) is 0 Å². The minimum atomic E-state index is 0.269. The highest BCUT2D eigenvalue weighted by molar-refractivity contribution is 5.05. The van der Waals surface area contributed by atoms with E-state index in [2.05, 4.69) is 39.1 Å². The molecule has 124 valence electrons. The Bertz CT molecular complexity index is 661. The first-order chi connectivity index (χ1) is 11.2. The molecule has 4 rings (SSSR count). The van der Waals surface area contributed by atoms with Gasteiger partial charge in [0.2, 0.25) is 17.7 Å². The second-order valence-corrected chi connectivity index (χ2v) is 7.03. The molecule has 2 fully saturated rings. The van der Waals surface area contributed by atoms with Crippen molar-refractivity contribution < 1.29 is 8.94 Å². The molecule has 1 aliphatic heterocycles. The number of likely N-dealkylation sites (tertiary alicyclic amines) is 1. The van der Waals surface area contributed by atoms with Gasteiger partial charge >= 0.3 is 0 Å². The van der Waals surface area contributed by atoms with Crippen LogP contribution in [-0.4, -0.2) is 38.3 Å². The Kier molecular flexibility index (Phi) is 3.88. The molecule has 1 atom stereocenters. The maximum absolute atomic E-state index is 5.72. The van der Waals surface area contributed by atoms with Crippen LogP contribution in [0.2, 0.25) is 0 Å². The second-order valence-electron chi connectivity index (χ2n) is 7.03. The summed E-state index contributed by atoms with van der Waals surface area (Å²) in [5, 5.41) is 12.5. The van der Waals surface area contributed by atoms with Crippen molar-refractivity contribution in [1.82, 2.24) is 25.2 Å². The number of rotatable bonds is 5. The standard InChI is InChI=1S/C16H23N5O2/c1-10(2)15-19-18-13(22-15)9-21-7-3-4-12(8-21)14-17-16(23-20-14)11-5-6-11/h10-12H,3-9H2,1-2H3. The van der Waals surface area contributed by atoms with Gasteiger partial charge in [-0.05, 0) is 32.2 Å². The fourth-order valence-electron chi connectivity index (χ4n) is 3.07. The average Bonchev–Trinajstić information content (AvgIpc) is 3.09. The summed E-state index contributed by atoms with van der Waals surface area (Å²) in [7, 11) is 0. The average molecular weight is 317 g/mol. The molecule has 1 saturated heterocycles. The smallest absolute Gasteiger partial charge is 0.230 e. The highest BCUT2D eigenvalue weighted by Gasteiger charge is 2.32. The number of nitrogens with zero attached hydrogens (tertiary/aromatic N) is 5. The van der Waals surface area contributed by atoms with E-state index in [0.29, 0.717) is 30.2 Å². The van der Waals surface area contributed by atoms with Crippen molar-refractivity contribution in [2.24, 2.45) is 0 Å². The molecule has 1 aliphatic carbocycles. The summed E-state index contributed by atoms with van der Waals surface area (Å²) in [6.45, 7) is 6.78. The van der Waals surface area contributed by atoms with E-state index in [0.717, 1.165) is 37.6 Å². The van der Waals surface area contributed by atoms with E-state index in [4.69, 9.17) is 8.94 Å². The van der Waals surface area contributed by atoms with Gasteiger partial charge in [0.15, 0.2) is 5.82 Å². The van der Waals surface area contributed by atoms with E-state index in [-0.39, 0.29) is 5.92 Å². The van der Waals surface area contributed by atoms with Gasteiger partial charge in [0.25, 0.3) is 0 Å². The number of hydrogen-bond acceptors (Lipinski definition) is 7. The summed E-state index contributed by atoms with van der Waals surface area (Å²) in [6, 6.07) is 0. The topological polar surface area (TPSA) is 81.1 Å². The first-order valence-corrected chi connectivity index (χ1v) is 8.57. The van der Waals surface area contributed by atoms with Crippen LogP contribution >= 0.6 is 0 Å². The van der Waals surface area contributed by atoms with Crippen LogP contribution in [0.5, 0.6) is 0 Å². The van der Waals surface area contributed by atoms with Crippen LogP contribution in [0.3, 0.4) is 0 Å². The van der Waals surface area contributed by atoms with Gasteiger partial charge in [-0.2, -0.15) is 4.98 Å². The Morgan fingerprint density at radius 1 is 1.17 bits per heavy atom. The fourth-order valence-corrected chi connectivity index (χ4v) is 3.07. The minimum absolute atomic E-state index is 0.269. The number of hydrogen-bond donors (Lipinski definition) is 0. The summed E-state index contributed by atoms with van der Waals surface area (Å²) >= 11 is 0. The molecule has 2 aromatic rings. The zero-order valence-electron chi connectivity index (χ0n) is 13.7. The molecule has 7 heteroatoms. The molecular weight excluding hydrogens is 294 g/mol. The highest BCUT2D eigenvalue weighted by Crippen LogP contribution is 2.39. The molecule has 0 aromatic carbocycles. The van der Waals surface area contributed by atoms with E-state index in [1.54, 1.807) is 0 Å². The summed E-state index contributed by atoms with van der Waals surface area (Å²) in [4.78, 5) is 6.96. The van der Waals surface area contributed by atoms with E-state index in [1.807, 2.05) is 0 Å². The van der Waals surface area contributed by atoms with E-state index < -0.39 is 0 Å². The van der Waals surface area contributed by atoms with E-state index in [1.165, 1.54) is 12.8 Å². The molecule has 0 N–H and O–H groups in total. The van der Waals surface area contributed by atoms with Crippen molar-refractivity contribution in [3.63, 3.8) is 0 Å². The molecule has 1 unspecified atom stereocenters. The molecule has 0 spiro atoms. The predicted molar refractivity (Wildman–Crippen MR) is 81.9 cm³/mol. The minimum Gasteiger partial charge on any atom is -0.424 e. The van der Waals surface area contributed by atoms with Crippen LogP contribution in [0.25, 0.3) is 0 Å². The lowest BCUT2D eigenvalue weighted by atomic mass is 9.97. The van der Waals surface area contributed by atoms with Crippen LogP contribution in [-0.2, 0) is 6.54 Å². The van der Waals surface area contributed by atoms with Crippen molar-refractivity contribution in [2.45, 2.75) is 63.8 Å². The molecular formula is C16H23N5O2. The summed E-state index contributed by atoms with van der Waals surface area (Å²) in [5.74, 6) is 4.23. The molecule has 0 radical (unpaired) electrons. The van der Waals surface area contributed by atoms with E-state index in [9.17, 15) is 0 Å². The zero-order valence-corrected chi connectivity index (χ0v) is 13.7. The van der Waals surface area contributed by atoms with Crippen molar-refractivity contribution in [1.29, 1.82) is 0 Å². The SMILES string of the molecule is CC(C)c1nnc(CN2CCCC(c3noc(C4CC4)n3)C2)o1. The molecule has 0 bridgehead atoms. The monoisotopic (exact) mass is 317 g/mol. The molecule has 1 saturated carbocycles. The van der Waals surface area contributed by atoms with Crippen LogP contribution < -0.4 is 0 Å². The Morgan fingerprint density at radius 2 is 2.04 bits per heavy atom. The summed E-state index contributed by atoms with van der Waals surface area (Å²) < 4.78 is 11.1. The second kappa shape index (κ2) is 6.03. The third-order valence-corrected chi connectivity index (χ3v) is 4.59. The quantitative estimate of drug-likeness (QED) is 0.838. The lowest BCUT2D eigenvalue weighted by molar-refractivity contribution is 0.177. The molecule has 7 nitrogen and oxygen atoms in total. The maximum Gasteiger partial charge on any atom is 0.230 e. The Balaban J connectivity index is 1.39.